The van der Waals surface area contributed by atoms with E-state index in [0.29, 0.717) is 28.2 Å². The molecule has 0 spiro atoms. The number of hydrogen-bond acceptors (Lipinski definition) is 4. The van der Waals surface area contributed by atoms with Crippen LogP contribution in [0.2, 0.25) is 0 Å². The first-order valence-corrected chi connectivity index (χ1v) is 18.3. The van der Waals surface area contributed by atoms with Gasteiger partial charge in [0.05, 0.1) is 0 Å². The van der Waals surface area contributed by atoms with Crippen LogP contribution in [0.25, 0.3) is 28.3 Å². The Labute approximate surface area is 370 Å². The van der Waals surface area contributed by atoms with Crippen molar-refractivity contribution in [3.63, 3.8) is 0 Å². The maximum atomic E-state index is 13.5. The minimum absolute atomic E-state index is 0.274. The van der Waals surface area contributed by atoms with Crippen molar-refractivity contribution in [3.8, 4) is 153 Å². The number of esters is 2. The lowest BCUT2D eigenvalue weighted by Gasteiger charge is -2.07. The van der Waals surface area contributed by atoms with Crippen molar-refractivity contribution in [2.24, 2.45) is 0 Å². The Balaban J connectivity index is 0.000000444. The fourth-order valence-corrected chi connectivity index (χ4v) is 3.91. The lowest BCUT2D eigenvalue weighted by atomic mass is 10.0. The first-order valence-electron chi connectivity index (χ1n) is 18.3. The van der Waals surface area contributed by atoms with Crippen molar-refractivity contribution >= 4 is 18.0 Å². The number of terminal acetylenes is 1. The summed E-state index contributed by atoms with van der Waals surface area (Å²) in [5, 5.41) is 0. The second-order valence-electron chi connectivity index (χ2n) is 11.6. The third-order valence-electron chi connectivity index (χ3n) is 6.83. The number of hydrogen-bond donors (Lipinski definition) is 0. The average Bonchev–Trinajstić information content (AvgIpc) is 3.29. The van der Waals surface area contributed by atoms with Gasteiger partial charge in [0.1, 0.15) is 11.5 Å². The van der Waals surface area contributed by atoms with Gasteiger partial charge in [-0.3, -0.25) is 0 Å². The number of benzene rings is 4. The van der Waals surface area contributed by atoms with Gasteiger partial charge in [0, 0.05) is 16.7 Å². The molecular weight excluding hydrogens is 787 g/mol. The maximum absolute atomic E-state index is 13.5. The Morgan fingerprint density at radius 3 is 1.21 bits per heavy atom. The summed E-state index contributed by atoms with van der Waals surface area (Å²) in [5.74, 6) is 45.9. The zero-order valence-electron chi connectivity index (χ0n) is 35.3. The van der Waals surface area contributed by atoms with Crippen molar-refractivity contribution in [1.82, 2.24) is 0 Å². The number of carbonyl (C=O) groups is 2. The van der Waals surface area contributed by atoms with Gasteiger partial charge < -0.3 is 9.47 Å². The highest BCUT2D eigenvalue weighted by atomic mass is 19.2. The van der Waals surface area contributed by atoms with E-state index in [1.807, 2.05) is 36.4 Å². The van der Waals surface area contributed by atoms with Gasteiger partial charge in [-0.15, -0.1) is 6.42 Å². The Kier molecular flexibility index (Phi) is 25.7. The highest BCUT2D eigenvalue weighted by Crippen LogP contribution is 2.26. The molecule has 0 bridgehead atoms. The first-order chi connectivity index (χ1) is 30.4. The van der Waals surface area contributed by atoms with E-state index in [0.717, 1.165) is 22.8 Å². The van der Waals surface area contributed by atoms with Crippen LogP contribution in [0.3, 0.4) is 0 Å². The van der Waals surface area contributed by atoms with E-state index in [1.54, 1.807) is 83.2 Å². The Bertz CT molecular complexity index is 2820. The van der Waals surface area contributed by atoms with E-state index in [-0.39, 0.29) is 5.56 Å². The molecule has 0 N–H and O–H groups in total. The number of carbonyl (C=O) groups excluding carboxylic acids is 2. The summed E-state index contributed by atoms with van der Waals surface area (Å²) < 4.78 is 36.8. The molecule has 0 aromatic heterocycles. The minimum Gasteiger partial charge on any atom is -0.423 e. The SMILES string of the molecule is C#CC#CC#CC#CC#CC.C=C(C)C(=O)Oc1ccc(-c2ccc(OC(=O)C(=C)C)cc2)cc1.C=Cc1ccc(-c2cccc(F)c2F)cc1.CC#CC#CC#CC#CC#CC. The van der Waals surface area contributed by atoms with Crippen LogP contribution in [-0.2, 0) is 9.59 Å². The normalized spacial score (nSPS) is 7.71. The molecule has 304 valence electrons. The molecule has 0 heterocycles. The lowest BCUT2D eigenvalue weighted by Crippen LogP contribution is -2.08. The molecule has 63 heavy (non-hydrogen) atoms. The molecule has 0 saturated heterocycles. The van der Waals surface area contributed by atoms with Gasteiger partial charge in [0.2, 0.25) is 0 Å². The molecule has 4 rings (SSSR count). The maximum Gasteiger partial charge on any atom is 0.338 e. The molecule has 0 saturated carbocycles. The quantitative estimate of drug-likeness (QED) is 0.0806. The van der Waals surface area contributed by atoms with Crippen LogP contribution in [0, 0.1) is 131 Å². The van der Waals surface area contributed by atoms with Gasteiger partial charge in [-0.25, -0.2) is 18.4 Å². The summed E-state index contributed by atoms with van der Waals surface area (Å²) in [7, 11) is 0. The van der Waals surface area contributed by atoms with Crippen molar-refractivity contribution in [2.75, 3.05) is 0 Å². The topological polar surface area (TPSA) is 52.6 Å². The Hall–Kier alpha value is -9.50. The van der Waals surface area contributed by atoms with Gasteiger partial charge in [-0.1, -0.05) is 104 Å². The van der Waals surface area contributed by atoms with Crippen LogP contribution in [0.4, 0.5) is 8.78 Å². The molecule has 0 aliphatic heterocycles. The standard InChI is InChI=1S/C20H18O4.C14H10F2.C12H6.C11H4/c1-13(2)19(21)23-17-9-5-15(6-10-17)16-7-11-18(12-8-16)24-20(22)14(3)4;1-2-10-6-8-11(9-7-10)12-4-3-5-13(15)14(12)16;1-3-5-7-9-11-12-10-8-6-4-2;1-3-5-7-9-11-10-8-6-4-2/h5-12H,1,3H2,2,4H3;2-9H,1H2;1-2H3;1H,2H3. The molecule has 0 aliphatic carbocycles. The van der Waals surface area contributed by atoms with Crippen molar-refractivity contribution in [2.45, 2.75) is 34.6 Å². The smallest absolute Gasteiger partial charge is 0.338 e. The van der Waals surface area contributed by atoms with E-state index < -0.39 is 23.6 Å². The summed E-state index contributed by atoms with van der Waals surface area (Å²) in [6.45, 7) is 19.1. The highest BCUT2D eigenvalue weighted by molar-refractivity contribution is 5.89. The molecule has 0 unspecified atom stereocenters. The predicted octanol–water partition coefficient (Wildman–Crippen LogP) is 10.3. The molecule has 4 aromatic rings. The predicted molar refractivity (Wildman–Crippen MR) is 250 cm³/mol. The van der Waals surface area contributed by atoms with Gasteiger partial charge in [-0.2, -0.15) is 0 Å². The first kappa shape index (κ1) is 51.5. The second-order valence-corrected chi connectivity index (χ2v) is 11.6. The zero-order chi connectivity index (χ0) is 46.7. The van der Waals surface area contributed by atoms with Crippen molar-refractivity contribution < 1.29 is 27.8 Å². The molecule has 0 fully saturated rings. The fourth-order valence-electron chi connectivity index (χ4n) is 3.91. The number of rotatable bonds is 7. The minimum atomic E-state index is -0.828. The largest absolute Gasteiger partial charge is 0.423 e. The van der Waals surface area contributed by atoms with Crippen LogP contribution >= 0.6 is 0 Å². The third-order valence-corrected chi connectivity index (χ3v) is 6.83. The monoisotopic (exact) mass is 824 g/mol. The molecule has 0 amide bonds. The van der Waals surface area contributed by atoms with Crippen LogP contribution in [-0.4, -0.2) is 11.9 Å². The van der Waals surface area contributed by atoms with Gasteiger partial charge >= 0.3 is 11.9 Å². The fraction of sp³-hybridized carbons (Fsp3) is 0.0877. The Morgan fingerprint density at radius 1 is 0.524 bits per heavy atom. The molecule has 4 aromatic carbocycles. The number of halogens is 2. The summed E-state index contributed by atoms with van der Waals surface area (Å²) in [4.78, 5) is 22.9. The third kappa shape index (κ3) is 22.3. The average molecular weight is 825 g/mol. The molecule has 0 aliphatic rings. The van der Waals surface area contributed by atoms with Crippen LogP contribution < -0.4 is 9.47 Å². The lowest BCUT2D eigenvalue weighted by molar-refractivity contribution is -0.130. The van der Waals surface area contributed by atoms with Crippen molar-refractivity contribution in [1.29, 1.82) is 0 Å². The molecular formula is C57H38F2O4. The molecule has 0 radical (unpaired) electrons. The van der Waals surface area contributed by atoms with Gasteiger partial charge in [0.25, 0.3) is 0 Å². The van der Waals surface area contributed by atoms with E-state index in [2.05, 4.69) is 132 Å². The summed E-state index contributed by atoms with van der Waals surface area (Å²) >= 11 is 0. The highest BCUT2D eigenvalue weighted by Gasteiger charge is 2.09. The molecule has 0 atom stereocenters. The van der Waals surface area contributed by atoms with Crippen LogP contribution in [0.15, 0.2) is 122 Å². The van der Waals surface area contributed by atoms with Crippen molar-refractivity contribution in [3.05, 3.63) is 139 Å². The van der Waals surface area contributed by atoms with E-state index >= 15 is 0 Å². The zero-order valence-corrected chi connectivity index (χ0v) is 35.3. The summed E-state index contributed by atoms with van der Waals surface area (Å²) in [5.41, 5.74) is 4.46. The molecule has 6 heteroatoms. The van der Waals surface area contributed by atoms with Gasteiger partial charge in [0.15, 0.2) is 11.6 Å². The van der Waals surface area contributed by atoms with E-state index in [9.17, 15) is 18.4 Å². The summed E-state index contributed by atoms with van der Waals surface area (Å²) in [6, 6.07) is 25.5. The van der Waals surface area contributed by atoms with Crippen LogP contribution in [0.1, 0.15) is 40.2 Å². The van der Waals surface area contributed by atoms with Gasteiger partial charge in [-0.05, 0) is 182 Å². The second kappa shape index (κ2) is 31.5. The number of ether oxygens (including phenoxy) is 2. The van der Waals surface area contributed by atoms with E-state index in [4.69, 9.17) is 15.9 Å². The Morgan fingerprint density at radius 2 is 0.873 bits per heavy atom. The van der Waals surface area contributed by atoms with Crippen LogP contribution in [0.5, 0.6) is 11.5 Å². The molecule has 4 nitrogen and oxygen atoms in total. The van der Waals surface area contributed by atoms with E-state index in [1.165, 1.54) is 6.07 Å². The summed E-state index contributed by atoms with van der Waals surface area (Å²) in [6.07, 6.45) is 6.54.